The molecule has 0 aromatic carbocycles. The van der Waals surface area contributed by atoms with Gasteiger partial charge in [0.25, 0.3) is 0 Å². The molecule has 22 heavy (non-hydrogen) atoms. The normalized spacial score (nSPS) is 22.2. The van der Waals surface area contributed by atoms with Gasteiger partial charge in [-0.3, -0.25) is 14.4 Å². The summed E-state index contributed by atoms with van der Waals surface area (Å²) in [6.07, 6.45) is 7.10. The van der Waals surface area contributed by atoms with Crippen molar-refractivity contribution in [3.63, 3.8) is 0 Å². The molecule has 0 bridgehead atoms. The van der Waals surface area contributed by atoms with E-state index in [9.17, 15) is 14.4 Å². The average Bonchev–Trinajstić information content (AvgIpc) is 3.09. The molecule has 2 rings (SSSR count). The minimum atomic E-state index is -0.898. The number of carbonyl (C=O) groups excluding carboxylic acids is 2. The Hall–Kier alpha value is -1.59. The third kappa shape index (κ3) is 4.21. The molecule has 0 radical (unpaired) electrons. The van der Waals surface area contributed by atoms with Gasteiger partial charge in [-0.05, 0) is 32.6 Å². The largest absolute Gasteiger partial charge is 0.481 e. The van der Waals surface area contributed by atoms with Crippen LogP contribution in [0.25, 0.3) is 0 Å². The minimum Gasteiger partial charge on any atom is -0.481 e. The number of aliphatic carboxylic acids is 1. The number of amides is 2. The van der Waals surface area contributed by atoms with Crippen LogP contribution >= 0.6 is 0 Å². The van der Waals surface area contributed by atoms with Crippen molar-refractivity contribution >= 4 is 17.8 Å². The number of carboxylic acid groups (broad SMARTS) is 1. The Morgan fingerprint density at radius 3 is 2.27 bits per heavy atom. The fraction of sp³-hybridized carbons (Fsp3) is 0.812. The molecule has 0 heterocycles. The van der Waals surface area contributed by atoms with Gasteiger partial charge in [-0.2, -0.15) is 0 Å². The smallest absolute Gasteiger partial charge is 0.305 e. The molecule has 2 amide bonds. The SMILES string of the molecule is CC(NC(=O)C1CCCC1)C(=O)NC1(CC(=O)O)CCCC1. The lowest BCUT2D eigenvalue weighted by Gasteiger charge is -2.30. The predicted molar refractivity (Wildman–Crippen MR) is 81.2 cm³/mol. The maximum absolute atomic E-state index is 12.3. The van der Waals surface area contributed by atoms with Crippen LogP contribution in [0.15, 0.2) is 0 Å². The molecular weight excluding hydrogens is 284 g/mol. The molecule has 0 aromatic rings. The van der Waals surface area contributed by atoms with Gasteiger partial charge in [0.05, 0.1) is 12.0 Å². The Labute approximate surface area is 131 Å². The molecule has 1 unspecified atom stereocenters. The van der Waals surface area contributed by atoms with Crippen molar-refractivity contribution in [1.82, 2.24) is 10.6 Å². The molecule has 0 spiro atoms. The summed E-state index contributed by atoms with van der Waals surface area (Å²) in [5.74, 6) is -1.21. The number of hydrogen-bond acceptors (Lipinski definition) is 3. The monoisotopic (exact) mass is 310 g/mol. The number of nitrogens with one attached hydrogen (secondary N) is 2. The fourth-order valence-electron chi connectivity index (χ4n) is 3.64. The molecule has 2 aliphatic carbocycles. The molecule has 1 atom stereocenters. The van der Waals surface area contributed by atoms with Crippen molar-refractivity contribution in [3.05, 3.63) is 0 Å². The first-order valence-electron chi connectivity index (χ1n) is 8.26. The van der Waals surface area contributed by atoms with Crippen molar-refractivity contribution < 1.29 is 19.5 Å². The van der Waals surface area contributed by atoms with E-state index in [1.165, 1.54) is 0 Å². The van der Waals surface area contributed by atoms with Crippen LogP contribution in [0.5, 0.6) is 0 Å². The highest BCUT2D eigenvalue weighted by atomic mass is 16.4. The zero-order valence-corrected chi connectivity index (χ0v) is 13.2. The van der Waals surface area contributed by atoms with Crippen LogP contribution in [0.1, 0.15) is 64.7 Å². The van der Waals surface area contributed by atoms with Crippen LogP contribution in [0.3, 0.4) is 0 Å². The van der Waals surface area contributed by atoms with Gasteiger partial charge < -0.3 is 15.7 Å². The van der Waals surface area contributed by atoms with E-state index in [1.807, 2.05) is 0 Å². The molecule has 2 saturated carbocycles. The molecule has 2 fully saturated rings. The van der Waals surface area contributed by atoms with Gasteiger partial charge in [-0.15, -0.1) is 0 Å². The van der Waals surface area contributed by atoms with E-state index in [2.05, 4.69) is 10.6 Å². The average molecular weight is 310 g/mol. The quantitative estimate of drug-likeness (QED) is 0.694. The highest BCUT2D eigenvalue weighted by molar-refractivity contribution is 5.89. The second kappa shape index (κ2) is 7.11. The maximum Gasteiger partial charge on any atom is 0.305 e. The van der Waals surface area contributed by atoms with Gasteiger partial charge in [0.15, 0.2) is 0 Å². The number of hydrogen-bond donors (Lipinski definition) is 3. The molecule has 6 heteroatoms. The van der Waals surface area contributed by atoms with Crippen molar-refractivity contribution in [3.8, 4) is 0 Å². The Balaban J connectivity index is 1.89. The summed E-state index contributed by atoms with van der Waals surface area (Å²) in [6, 6.07) is -0.626. The number of rotatable bonds is 6. The maximum atomic E-state index is 12.3. The highest BCUT2D eigenvalue weighted by Crippen LogP contribution is 2.32. The van der Waals surface area contributed by atoms with Crippen LogP contribution in [-0.2, 0) is 14.4 Å². The first kappa shape index (κ1) is 16.8. The van der Waals surface area contributed by atoms with E-state index in [1.54, 1.807) is 6.92 Å². The van der Waals surface area contributed by atoms with Gasteiger partial charge in [0.2, 0.25) is 11.8 Å². The summed E-state index contributed by atoms with van der Waals surface area (Å²) in [5, 5.41) is 14.7. The van der Waals surface area contributed by atoms with Crippen LogP contribution in [0, 0.1) is 5.92 Å². The Morgan fingerprint density at radius 1 is 1.14 bits per heavy atom. The lowest BCUT2D eigenvalue weighted by molar-refractivity contribution is -0.139. The van der Waals surface area contributed by atoms with Gasteiger partial charge in [-0.1, -0.05) is 25.7 Å². The minimum absolute atomic E-state index is 0.0229. The summed E-state index contributed by atoms with van der Waals surface area (Å²) in [5.41, 5.74) is -0.644. The van der Waals surface area contributed by atoms with E-state index in [0.29, 0.717) is 12.8 Å². The molecule has 0 aliphatic heterocycles. The molecule has 124 valence electrons. The van der Waals surface area contributed by atoms with Crippen LogP contribution in [-0.4, -0.2) is 34.5 Å². The standard InChI is InChI=1S/C16H26N2O4/c1-11(17-15(22)12-6-2-3-7-12)14(21)18-16(10-13(19)20)8-4-5-9-16/h11-12H,2-10H2,1H3,(H,17,22)(H,18,21)(H,19,20). The van der Waals surface area contributed by atoms with Crippen LogP contribution in [0.2, 0.25) is 0 Å². The van der Waals surface area contributed by atoms with E-state index in [0.717, 1.165) is 38.5 Å². The van der Waals surface area contributed by atoms with Crippen molar-refractivity contribution in [2.75, 3.05) is 0 Å². The van der Waals surface area contributed by atoms with Crippen molar-refractivity contribution in [2.45, 2.75) is 76.3 Å². The van der Waals surface area contributed by atoms with Gasteiger partial charge >= 0.3 is 5.97 Å². The molecule has 0 saturated heterocycles. The Morgan fingerprint density at radius 2 is 1.73 bits per heavy atom. The number of carbonyl (C=O) groups is 3. The van der Waals surface area contributed by atoms with Gasteiger partial charge in [-0.25, -0.2) is 0 Å². The van der Waals surface area contributed by atoms with Gasteiger partial charge in [0, 0.05) is 5.92 Å². The second-order valence-corrected chi connectivity index (χ2v) is 6.76. The van der Waals surface area contributed by atoms with E-state index in [4.69, 9.17) is 5.11 Å². The first-order valence-corrected chi connectivity index (χ1v) is 8.26. The zero-order chi connectivity index (χ0) is 16.2. The number of carboxylic acids is 1. The van der Waals surface area contributed by atoms with Crippen molar-refractivity contribution in [2.24, 2.45) is 5.92 Å². The summed E-state index contributed by atoms with van der Waals surface area (Å²) in [7, 11) is 0. The third-order valence-electron chi connectivity index (χ3n) is 4.92. The molecular formula is C16H26N2O4. The first-order chi connectivity index (χ1) is 10.4. The molecule has 6 nitrogen and oxygen atoms in total. The molecule has 2 aliphatic rings. The van der Waals surface area contributed by atoms with E-state index >= 15 is 0 Å². The summed E-state index contributed by atoms with van der Waals surface area (Å²) >= 11 is 0. The highest BCUT2D eigenvalue weighted by Gasteiger charge is 2.38. The summed E-state index contributed by atoms with van der Waals surface area (Å²) < 4.78 is 0. The molecule has 0 aromatic heterocycles. The fourth-order valence-corrected chi connectivity index (χ4v) is 3.64. The summed E-state index contributed by atoms with van der Waals surface area (Å²) in [6.45, 7) is 1.66. The lowest BCUT2D eigenvalue weighted by Crippen LogP contribution is -2.54. The van der Waals surface area contributed by atoms with Gasteiger partial charge in [0.1, 0.15) is 6.04 Å². The van der Waals surface area contributed by atoms with Crippen LogP contribution < -0.4 is 10.6 Å². The topological polar surface area (TPSA) is 95.5 Å². The van der Waals surface area contributed by atoms with E-state index < -0.39 is 17.6 Å². The third-order valence-corrected chi connectivity index (χ3v) is 4.92. The summed E-state index contributed by atoms with van der Waals surface area (Å²) in [4.78, 5) is 35.4. The van der Waals surface area contributed by atoms with Crippen molar-refractivity contribution in [1.29, 1.82) is 0 Å². The van der Waals surface area contributed by atoms with Crippen LogP contribution in [0.4, 0.5) is 0 Å². The lowest BCUT2D eigenvalue weighted by atomic mass is 9.92. The second-order valence-electron chi connectivity index (χ2n) is 6.76. The predicted octanol–water partition coefficient (Wildman–Crippen LogP) is 1.58. The van der Waals surface area contributed by atoms with E-state index in [-0.39, 0.29) is 24.2 Å². The Kier molecular flexibility index (Phi) is 5.42. The molecule has 3 N–H and O–H groups in total. The Bertz CT molecular complexity index is 437. The zero-order valence-electron chi connectivity index (χ0n) is 13.2.